The minimum atomic E-state index is -0.704. The number of rotatable bonds is 4. The van der Waals surface area contributed by atoms with Crippen molar-refractivity contribution in [2.45, 2.75) is 25.4 Å². The van der Waals surface area contributed by atoms with Crippen molar-refractivity contribution < 1.29 is 13.6 Å². The highest BCUT2D eigenvalue weighted by Gasteiger charge is 2.31. The van der Waals surface area contributed by atoms with Gasteiger partial charge in [-0.25, -0.2) is 9.18 Å². The predicted molar refractivity (Wildman–Crippen MR) is 94.2 cm³/mol. The van der Waals surface area contributed by atoms with Gasteiger partial charge < -0.3 is 9.32 Å². The van der Waals surface area contributed by atoms with Crippen LogP contribution in [0.15, 0.2) is 51.0 Å². The fourth-order valence-electron chi connectivity index (χ4n) is 3.18. The molecule has 0 radical (unpaired) electrons. The average Bonchev–Trinajstić information content (AvgIpc) is 3.36. The van der Waals surface area contributed by atoms with Gasteiger partial charge in [-0.3, -0.25) is 4.79 Å². The summed E-state index contributed by atoms with van der Waals surface area (Å²) in [6.45, 7) is 0.490. The molecule has 1 atom stereocenters. The zero-order chi connectivity index (χ0) is 18.1. The lowest BCUT2D eigenvalue weighted by Crippen LogP contribution is -2.35. The van der Waals surface area contributed by atoms with Gasteiger partial charge in [0.25, 0.3) is 0 Å². The lowest BCUT2D eigenvalue weighted by atomic mass is 10.2. The molecule has 2 aromatic heterocycles. The van der Waals surface area contributed by atoms with Gasteiger partial charge in [0.05, 0.1) is 6.04 Å². The third kappa shape index (κ3) is 3.20. The molecule has 3 aromatic rings. The van der Waals surface area contributed by atoms with Crippen LogP contribution in [0.4, 0.5) is 4.39 Å². The standard InChI is InChI=1S/C18H16FN3O3S/c19-13-7-5-12(6-8-13)17-20-22(18(24)25-17)11-16(23)21-9-1-3-14(21)15-4-2-10-26-15/h2,4-8,10,14H,1,3,9,11H2. The van der Waals surface area contributed by atoms with Gasteiger partial charge in [0.1, 0.15) is 12.4 Å². The summed E-state index contributed by atoms with van der Waals surface area (Å²) in [6, 6.07) is 9.51. The first-order valence-electron chi connectivity index (χ1n) is 8.28. The van der Waals surface area contributed by atoms with Crippen molar-refractivity contribution in [2.75, 3.05) is 6.54 Å². The number of halogens is 1. The van der Waals surface area contributed by atoms with E-state index in [0.29, 0.717) is 12.1 Å². The van der Waals surface area contributed by atoms with E-state index in [1.807, 2.05) is 17.5 Å². The van der Waals surface area contributed by atoms with E-state index in [0.717, 1.165) is 22.4 Å². The first-order chi connectivity index (χ1) is 12.6. The summed E-state index contributed by atoms with van der Waals surface area (Å²) in [5.74, 6) is -1.19. The maximum Gasteiger partial charge on any atom is 0.437 e. The third-order valence-corrected chi connectivity index (χ3v) is 5.40. The number of benzene rings is 1. The minimum Gasteiger partial charge on any atom is -0.388 e. The van der Waals surface area contributed by atoms with E-state index in [2.05, 4.69) is 5.10 Å². The number of hydrogen-bond donors (Lipinski definition) is 0. The molecule has 1 aromatic carbocycles. The molecule has 134 valence electrons. The number of carbonyl (C=O) groups excluding carboxylic acids is 1. The van der Waals surface area contributed by atoms with Crippen molar-refractivity contribution in [1.29, 1.82) is 0 Å². The molecule has 1 unspecified atom stereocenters. The van der Waals surface area contributed by atoms with Gasteiger partial charge in [0.15, 0.2) is 0 Å². The minimum absolute atomic E-state index is 0.0571. The molecule has 1 amide bonds. The Labute approximate surface area is 152 Å². The fraction of sp³-hybridized carbons (Fsp3) is 0.278. The van der Waals surface area contributed by atoms with Crippen LogP contribution >= 0.6 is 11.3 Å². The molecule has 8 heteroatoms. The van der Waals surface area contributed by atoms with Crippen molar-refractivity contribution in [3.05, 3.63) is 63.0 Å². The number of nitrogens with zero attached hydrogens (tertiary/aromatic N) is 3. The summed E-state index contributed by atoms with van der Waals surface area (Å²) in [6.07, 6.45) is 1.85. The van der Waals surface area contributed by atoms with E-state index < -0.39 is 5.76 Å². The highest BCUT2D eigenvalue weighted by Crippen LogP contribution is 2.34. The van der Waals surface area contributed by atoms with Crippen LogP contribution in [0.3, 0.4) is 0 Å². The topological polar surface area (TPSA) is 68.3 Å². The van der Waals surface area contributed by atoms with Crippen LogP contribution in [0, 0.1) is 5.82 Å². The maximum atomic E-state index is 13.0. The predicted octanol–water partition coefficient (Wildman–Crippen LogP) is 3.07. The van der Waals surface area contributed by atoms with Crippen LogP contribution in [-0.2, 0) is 11.3 Å². The van der Waals surface area contributed by atoms with Crippen LogP contribution in [-0.4, -0.2) is 27.1 Å². The lowest BCUT2D eigenvalue weighted by molar-refractivity contribution is -0.133. The van der Waals surface area contributed by atoms with Crippen molar-refractivity contribution in [2.24, 2.45) is 0 Å². The Bertz CT molecular complexity index is 962. The molecule has 1 fully saturated rings. The van der Waals surface area contributed by atoms with Crippen molar-refractivity contribution in [3.8, 4) is 11.5 Å². The lowest BCUT2D eigenvalue weighted by Gasteiger charge is -2.23. The van der Waals surface area contributed by atoms with Gasteiger partial charge in [0.2, 0.25) is 11.8 Å². The molecule has 4 rings (SSSR count). The second kappa shape index (κ2) is 6.87. The number of aromatic nitrogens is 2. The normalized spacial score (nSPS) is 17.0. The second-order valence-corrected chi connectivity index (χ2v) is 7.08. The molecule has 1 aliphatic rings. The van der Waals surface area contributed by atoms with Gasteiger partial charge in [0, 0.05) is 17.0 Å². The van der Waals surface area contributed by atoms with E-state index in [-0.39, 0.29) is 30.2 Å². The molecule has 0 bridgehead atoms. The Balaban J connectivity index is 1.53. The summed E-state index contributed by atoms with van der Waals surface area (Å²) in [5, 5.41) is 6.07. The second-order valence-electron chi connectivity index (χ2n) is 6.10. The van der Waals surface area contributed by atoms with Crippen LogP contribution < -0.4 is 5.76 Å². The fourth-order valence-corrected chi connectivity index (χ4v) is 4.05. The first-order valence-corrected chi connectivity index (χ1v) is 9.16. The molecule has 0 N–H and O–H groups in total. The molecular weight excluding hydrogens is 357 g/mol. The highest BCUT2D eigenvalue weighted by molar-refractivity contribution is 7.10. The van der Waals surface area contributed by atoms with Crippen molar-refractivity contribution in [3.63, 3.8) is 0 Å². The van der Waals surface area contributed by atoms with Gasteiger partial charge in [-0.15, -0.1) is 16.4 Å². The number of hydrogen-bond acceptors (Lipinski definition) is 5. The molecular formula is C18H16FN3O3S. The van der Waals surface area contributed by atoms with Gasteiger partial charge in [-0.2, -0.15) is 4.68 Å². The highest BCUT2D eigenvalue weighted by atomic mass is 32.1. The largest absolute Gasteiger partial charge is 0.437 e. The number of thiophene rings is 1. The Morgan fingerprint density at radius 2 is 2.12 bits per heavy atom. The Morgan fingerprint density at radius 3 is 2.85 bits per heavy atom. The van der Waals surface area contributed by atoms with Gasteiger partial charge in [-0.1, -0.05) is 6.07 Å². The zero-order valence-electron chi connectivity index (χ0n) is 13.8. The SMILES string of the molecule is O=C(Cn1nc(-c2ccc(F)cc2)oc1=O)N1CCCC1c1cccs1. The summed E-state index contributed by atoms with van der Waals surface area (Å²) in [4.78, 5) is 27.7. The summed E-state index contributed by atoms with van der Waals surface area (Å²) < 4.78 is 19.1. The van der Waals surface area contributed by atoms with E-state index in [4.69, 9.17) is 4.42 Å². The van der Waals surface area contributed by atoms with Crippen LogP contribution in [0.2, 0.25) is 0 Å². The Morgan fingerprint density at radius 1 is 1.31 bits per heavy atom. The third-order valence-electron chi connectivity index (χ3n) is 4.43. The van der Waals surface area contributed by atoms with Crippen LogP contribution in [0.25, 0.3) is 11.5 Å². The van der Waals surface area contributed by atoms with Crippen molar-refractivity contribution in [1.82, 2.24) is 14.7 Å². The quantitative estimate of drug-likeness (QED) is 0.705. The van der Waals surface area contributed by atoms with Crippen LogP contribution in [0.5, 0.6) is 0 Å². The van der Waals surface area contributed by atoms with Crippen molar-refractivity contribution >= 4 is 17.2 Å². The van der Waals surface area contributed by atoms with Gasteiger partial charge >= 0.3 is 5.76 Å². The summed E-state index contributed by atoms with van der Waals surface area (Å²) >= 11 is 1.63. The monoisotopic (exact) mass is 373 g/mol. The van der Waals surface area contributed by atoms with E-state index >= 15 is 0 Å². The number of likely N-dealkylation sites (tertiary alicyclic amines) is 1. The number of amides is 1. The molecule has 0 spiro atoms. The summed E-state index contributed by atoms with van der Waals surface area (Å²) in [7, 11) is 0. The van der Waals surface area contributed by atoms with Gasteiger partial charge in [-0.05, 0) is 48.6 Å². The average molecular weight is 373 g/mol. The molecule has 6 nitrogen and oxygen atoms in total. The molecule has 0 aliphatic carbocycles. The molecule has 1 aliphatic heterocycles. The van der Waals surface area contributed by atoms with E-state index in [1.54, 1.807) is 16.2 Å². The maximum absolute atomic E-state index is 13.0. The molecule has 1 saturated heterocycles. The Hall–Kier alpha value is -2.74. The zero-order valence-corrected chi connectivity index (χ0v) is 14.6. The molecule has 3 heterocycles. The molecule has 0 saturated carbocycles. The van der Waals surface area contributed by atoms with E-state index in [1.165, 1.54) is 24.3 Å². The van der Waals surface area contributed by atoms with Crippen LogP contribution in [0.1, 0.15) is 23.8 Å². The Kier molecular flexibility index (Phi) is 4.42. The van der Waals surface area contributed by atoms with E-state index in [9.17, 15) is 14.0 Å². The smallest absolute Gasteiger partial charge is 0.388 e. The first kappa shape index (κ1) is 16.7. The number of carbonyl (C=O) groups is 1. The summed E-state index contributed by atoms with van der Waals surface area (Å²) in [5.41, 5.74) is 0.479. The molecule has 26 heavy (non-hydrogen) atoms.